The van der Waals surface area contributed by atoms with E-state index >= 15 is 0 Å². The molecule has 0 unspecified atom stereocenters. The molecule has 2 nitrogen and oxygen atoms in total. The minimum atomic E-state index is -1.10. The summed E-state index contributed by atoms with van der Waals surface area (Å²) in [4.78, 5) is 11.2. The predicted octanol–water partition coefficient (Wildman–Crippen LogP) is 5.17. The molecule has 0 aliphatic rings. The number of rotatable bonds is 8. The zero-order valence-electron chi connectivity index (χ0n) is 13.8. The number of unbranched alkanes of at least 4 members (excludes halogenated alkanes) is 3. The molecule has 0 saturated carbocycles. The summed E-state index contributed by atoms with van der Waals surface area (Å²) in [7, 11) is -1.10. The molecule has 0 aliphatic heterocycles. The Hall–Kier alpha value is -0.573. The summed E-state index contributed by atoms with van der Waals surface area (Å²) < 4.78 is 5.08. The Balaban J connectivity index is 3.62. The Morgan fingerprint density at radius 1 is 1.11 bits per heavy atom. The Kier molecular flexibility index (Phi) is 7.64. The fraction of sp³-hybridized carbons (Fsp3) is 0.812. The van der Waals surface area contributed by atoms with Crippen molar-refractivity contribution in [2.45, 2.75) is 77.6 Å². The fourth-order valence-electron chi connectivity index (χ4n) is 1.69. The predicted molar refractivity (Wildman–Crippen MR) is 86.2 cm³/mol. The fourth-order valence-corrected chi connectivity index (χ4v) is 3.57. The summed E-state index contributed by atoms with van der Waals surface area (Å²) in [6.07, 6.45) is 4.68. The van der Waals surface area contributed by atoms with E-state index < -0.39 is 8.07 Å². The van der Waals surface area contributed by atoms with Gasteiger partial charge < -0.3 is 4.74 Å². The summed E-state index contributed by atoms with van der Waals surface area (Å²) in [5, 5.41) is 0.490. The van der Waals surface area contributed by atoms with Crippen molar-refractivity contribution in [1.82, 2.24) is 0 Å². The molecule has 0 aromatic heterocycles. The van der Waals surface area contributed by atoms with E-state index in [1.807, 2.05) is 0 Å². The van der Waals surface area contributed by atoms with Gasteiger partial charge in [-0.2, -0.15) is 0 Å². The van der Waals surface area contributed by atoms with Crippen LogP contribution in [0.4, 0.5) is 0 Å². The molecule has 19 heavy (non-hydrogen) atoms. The molecule has 0 rings (SSSR count). The molecule has 0 atom stereocenters. The first-order chi connectivity index (χ1) is 8.58. The number of esters is 1. The molecule has 112 valence electrons. The molecule has 0 heterocycles. The maximum atomic E-state index is 11.2. The van der Waals surface area contributed by atoms with Gasteiger partial charge in [-0.05, 0) is 18.4 Å². The second-order valence-electron chi connectivity index (χ2n) is 7.21. The van der Waals surface area contributed by atoms with E-state index in [1.54, 1.807) is 6.92 Å². The molecule has 0 amide bonds. The van der Waals surface area contributed by atoms with Gasteiger partial charge in [0.25, 0.3) is 0 Å². The van der Waals surface area contributed by atoms with Gasteiger partial charge in [-0.1, -0.05) is 65.8 Å². The molecular formula is C16H32O2Si. The molecule has 0 aromatic rings. The van der Waals surface area contributed by atoms with Gasteiger partial charge in [0.05, 0.1) is 14.7 Å². The standard InChI is InChI=1S/C16H32O2Si/c1-14(2)15(17)18-12-10-8-9-11-13-19(6,7)16(3,4)5/h1,8-13H2,2-7H3. The van der Waals surface area contributed by atoms with Gasteiger partial charge in [0.1, 0.15) is 0 Å². The number of ether oxygens (including phenoxy) is 1. The van der Waals surface area contributed by atoms with Crippen LogP contribution in [-0.2, 0) is 9.53 Å². The highest BCUT2D eigenvalue weighted by Gasteiger charge is 2.33. The average molecular weight is 285 g/mol. The van der Waals surface area contributed by atoms with E-state index in [9.17, 15) is 4.79 Å². The van der Waals surface area contributed by atoms with E-state index in [1.165, 1.54) is 18.9 Å². The van der Waals surface area contributed by atoms with Gasteiger partial charge in [0.15, 0.2) is 0 Å². The summed E-state index contributed by atoms with van der Waals surface area (Å²) >= 11 is 0. The summed E-state index contributed by atoms with van der Waals surface area (Å²) in [5.74, 6) is -0.263. The van der Waals surface area contributed by atoms with Gasteiger partial charge in [-0.25, -0.2) is 4.79 Å². The van der Waals surface area contributed by atoms with Crippen molar-refractivity contribution in [2.24, 2.45) is 0 Å². The number of carbonyl (C=O) groups is 1. The maximum absolute atomic E-state index is 11.2. The Bertz CT molecular complexity index is 300. The molecule has 0 bridgehead atoms. The van der Waals surface area contributed by atoms with Crippen LogP contribution >= 0.6 is 0 Å². The summed E-state index contributed by atoms with van der Waals surface area (Å²) in [5.41, 5.74) is 0.484. The topological polar surface area (TPSA) is 26.3 Å². The molecule has 0 fully saturated rings. The van der Waals surface area contributed by atoms with Crippen molar-refractivity contribution in [3.05, 3.63) is 12.2 Å². The lowest BCUT2D eigenvalue weighted by Crippen LogP contribution is -2.36. The van der Waals surface area contributed by atoms with Crippen molar-refractivity contribution >= 4 is 14.0 Å². The number of carbonyl (C=O) groups excluding carboxylic acids is 1. The normalized spacial score (nSPS) is 12.3. The van der Waals surface area contributed by atoms with Crippen molar-refractivity contribution in [1.29, 1.82) is 0 Å². The third-order valence-electron chi connectivity index (χ3n) is 4.31. The molecule has 0 aliphatic carbocycles. The monoisotopic (exact) mass is 284 g/mol. The summed E-state index contributed by atoms with van der Waals surface area (Å²) in [6, 6.07) is 1.39. The van der Waals surface area contributed by atoms with E-state index in [0.717, 1.165) is 12.8 Å². The lowest BCUT2D eigenvalue weighted by molar-refractivity contribution is -0.139. The van der Waals surface area contributed by atoms with Crippen LogP contribution in [0.15, 0.2) is 12.2 Å². The van der Waals surface area contributed by atoms with Gasteiger partial charge in [-0.3, -0.25) is 0 Å². The highest BCUT2D eigenvalue weighted by atomic mass is 28.3. The highest BCUT2D eigenvalue weighted by molar-refractivity contribution is 6.80. The number of hydrogen-bond donors (Lipinski definition) is 0. The van der Waals surface area contributed by atoms with Crippen LogP contribution in [0.5, 0.6) is 0 Å². The van der Waals surface area contributed by atoms with Crippen LogP contribution < -0.4 is 0 Å². The smallest absolute Gasteiger partial charge is 0.333 e. The van der Waals surface area contributed by atoms with Gasteiger partial charge in [-0.15, -0.1) is 0 Å². The largest absolute Gasteiger partial charge is 0.462 e. The molecule has 3 heteroatoms. The van der Waals surface area contributed by atoms with Crippen LogP contribution in [0, 0.1) is 0 Å². The molecule has 0 radical (unpaired) electrons. The van der Waals surface area contributed by atoms with Crippen LogP contribution in [0.25, 0.3) is 0 Å². The molecule has 0 aromatic carbocycles. The number of hydrogen-bond acceptors (Lipinski definition) is 2. The SMILES string of the molecule is C=C(C)C(=O)OCCCCCC[Si](C)(C)C(C)(C)C. The Morgan fingerprint density at radius 3 is 2.11 bits per heavy atom. The van der Waals surface area contributed by atoms with Crippen molar-refractivity contribution in [3.8, 4) is 0 Å². The zero-order chi connectivity index (χ0) is 15.1. The third kappa shape index (κ3) is 7.56. The molecule has 0 saturated heterocycles. The first-order valence-corrected chi connectivity index (χ1v) is 10.6. The first kappa shape index (κ1) is 18.4. The summed E-state index contributed by atoms with van der Waals surface area (Å²) in [6.45, 7) is 17.9. The van der Waals surface area contributed by atoms with Crippen molar-refractivity contribution in [3.63, 3.8) is 0 Å². The highest BCUT2D eigenvalue weighted by Crippen LogP contribution is 2.39. The van der Waals surface area contributed by atoms with Gasteiger partial charge in [0, 0.05) is 5.57 Å². The Labute approximate surface area is 120 Å². The third-order valence-corrected chi connectivity index (χ3v) is 9.97. The van der Waals surface area contributed by atoms with Crippen LogP contribution in [0.1, 0.15) is 53.4 Å². The molecular weight excluding hydrogens is 252 g/mol. The second kappa shape index (κ2) is 7.88. The average Bonchev–Trinajstić information content (AvgIpc) is 2.25. The van der Waals surface area contributed by atoms with E-state index in [4.69, 9.17) is 4.74 Å². The second-order valence-corrected chi connectivity index (χ2v) is 13.0. The van der Waals surface area contributed by atoms with E-state index in [0.29, 0.717) is 17.2 Å². The van der Waals surface area contributed by atoms with Crippen LogP contribution in [0.2, 0.25) is 24.2 Å². The Morgan fingerprint density at radius 2 is 1.63 bits per heavy atom. The van der Waals surface area contributed by atoms with Crippen molar-refractivity contribution in [2.75, 3.05) is 6.61 Å². The first-order valence-electron chi connectivity index (χ1n) is 7.40. The molecule has 0 spiro atoms. The van der Waals surface area contributed by atoms with Gasteiger partial charge in [0.2, 0.25) is 0 Å². The quantitative estimate of drug-likeness (QED) is 0.266. The minimum Gasteiger partial charge on any atom is -0.462 e. The lowest BCUT2D eigenvalue weighted by Gasteiger charge is -2.37. The minimum absolute atomic E-state index is 0.263. The van der Waals surface area contributed by atoms with Crippen LogP contribution in [0.3, 0.4) is 0 Å². The van der Waals surface area contributed by atoms with Gasteiger partial charge >= 0.3 is 5.97 Å². The lowest BCUT2D eigenvalue weighted by atomic mass is 10.2. The van der Waals surface area contributed by atoms with E-state index in [-0.39, 0.29) is 5.97 Å². The zero-order valence-corrected chi connectivity index (χ0v) is 14.8. The van der Waals surface area contributed by atoms with E-state index in [2.05, 4.69) is 40.4 Å². The van der Waals surface area contributed by atoms with Crippen LogP contribution in [-0.4, -0.2) is 20.7 Å². The molecule has 0 N–H and O–H groups in total. The maximum Gasteiger partial charge on any atom is 0.333 e. The van der Waals surface area contributed by atoms with Crippen molar-refractivity contribution < 1.29 is 9.53 Å².